The lowest BCUT2D eigenvalue weighted by molar-refractivity contribution is 0.0994. The molecule has 0 fully saturated rings. The average Bonchev–Trinajstić information content (AvgIpc) is 3.17. The number of nitrogens with one attached hydrogen (secondary N) is 1. The van der Waals surface area contributed by atoms with Crippen LogP contribution in [-0.2, 0) is 6.54 Å². The minimum Gasteiger partial charge on any atom is -0.423 e. The van der Waals surface area contributed by atoms with Gasteiger partial charge < -0.3 is 21.1 Å². The lowest BCUT2D eigenvalue weighted by Gasteiger charge is -2.08. The number of primary amides is 1. The summed E-state index contributed by atoms with van der Waals surface area (Å²) < 4.78 is 1.58. The van der Waals surface area contributed by atoms with Crippen molar-refractivity contribution in [1.82, 2.24) is 24.6 Å². The van der Waals surface area contributed by atoms with Crippen molar-refractivity contribution in [1.29, 1.82) is 0 Å². The molecular weight excluding hydrogens is 373 g/mol. The predicted octanol–water partition coefficient (Wildman–Crippen LogP) is -0.423. The fraction of sp³-hybridized carbons (Fsp3) is 0.0556. The molecule has 1 aromatic carbocycles. The zero-order valence-corrected chi connectivity index (χ0v) is 15.1. The van der Waals surface area contributed by atoms with Gasteiger partial charge in [0.2, 0.25) is 5.82 Å². The Morgan fingerprint density at radius 3 is 2.83 bits per heavy atom. The highest BCUT2D eigenvalue weighted by molar-refractivity contribution is 6.58. The van der Waals surface area contributed by atoms with Gasteiger partial charge in [0.15, 0.2) is 0 Å². The first-order valence-electron chi connectivity index (χ1n) is 8.68. The van der Waals surface area contributed by atoms with Crippen LogP contribution in [0.5, 0.6) is 0 Å². The number of carbonyl (C=O) groups excluding carboxylic acids is 1. The van der Waals surface area contributed by atoms with Gasteiger partial charge in [0, 0.05) is 6.54 Å². The molecule has 0 spiro atoms. The zero-order valence-electron chi connectivity index (χ0n) is 15.1. The molecule has 0 unspecified atom stereocenters. The first-order chi connectivity index (χ1) is 14.0. The van der Waals surface area contributed by atoms with Crippen LogP contribution in [0.3, 0.4) is 0 Å². The molecule has 29 heavy (non-hydrogen) atoms. The normalized spacial score (nSPS) is 10.8. The van der Waals surface area contributed by atoms with Crippen molar-refractivity contribution in [2.45, 2.75) is 6.54 Å². The highest BCUT2D eigenvalue weighted by Crippen LogP contribution is 2.21. The number of aromatic nitrogens is 5. The summed E-state index contributed by atoms with van der Waals surface area (Å²) in [6, 6.07) is 12.0. The molecule has 0 radical (unpaired) electrons. The first kappa shape index (κ1) is 18.5. The molecule has 3 aromatic heterocycles. The minimum atomic E-state index is -1.53. The maximum Gasteiger partial charge on any atom is 0.488 e. The van der Waals surface area contributed by atoms with Crippen molar-refractivity contribution in [3.05, 3.63) is 66.2 Å². The van der Waals surface area contributed by atoms with Gasteiger partial charge in [-0.2, -0.15) is 5.10 Å². The van der Waals surface area contributed by atoms with Gasteiger partial charge in [-0.15, -0.1) is 5.10 Å². The van der Waals surface area contributed by atoms with Crippen molar-refractivity contribution in [3.8, 4) is 11.5 Å². The van der Waals surface area contributed by atoms with Crippen LogP contribution in [0.25, 0.3) is 17.0 Å². The Morgan fingerprint density at radius 2 is 2.03 bits per heavy atom. The summed E-state index contributed by atoms with van der Waals surface area (Å²) in [4.78, 5) is 20.3. The number of anilines is 1. The van der Waals surface area contributed by atoms with E-state index in [1.165, 1.54) is 12.5 Å². The summed E-state index contributed by atoms with van der Waals surface area (Å²) in [7, 11) is -1.53. The van der Waals surface area contributed by atoms with Crippen LogP contribution >= 0.6 is 0 Å². The molecule has 11 heteroatoms. The number of hydrogen-bond acceptors (Lipinski definition) is 8. The molecule has 4 rings (SSSR count). The summed E-state index contributed by atoms with van der Waals surface area (Å²) in [6.45, 7) is 0.397. The third-order valence-electron chi connectivity index (χ3n) is 4.32. The molecular formula is C18H16BN7O3. The monoisotopic (exact) mass is 389 g/mol. The van der Waals surface area contributed by atoms with Gasteiger partial charge in [0.25, 0.3) is 5.91 Å². The SMILES string of the molecule is NC(=O)c1cccc2c(-c3nncc(NCc4cccc(B(O)O)c4)n3)ncn12. The fourth-order valence-corrected chi connectivity index (χ4v) is 2.94. The third kappa shape index (κ3) is 3.77. The second-order valence-electron chi connectivity index (χ2n) is 6.26. The van der Waals surface area contributed by atoms with E-state index in [2.05, 4.69) is 25.5 Å². The van der Waals surface area contributed by atoms with Crippen LogP contribution in [0.4, 0.5) is 5.82 Å². The van der Waals surface area contributed by atoms with Crippen molar-refractivity contribution < 1.29 is 14.8 Å². The number of nitrogens with two attached hydrogens (primary N) is 1. The molecule has 0 atom stereocenters. The molecule has 4 aromatic rings. The van der Waals surface area contributed by atoms with E-state index in [-0.39, 0.29) is 0 Å². The molecule has 144 valence electrons. The van der Waals surface area contributed by atoms with Gasteiger partial charge in [0.1, 0.15) is 23.5 Å². The van der Waals surface area contributed by atoms with Crippen LogP contribution in [0.2, 0.25) is 0 Å². The Balaban J connectivity index is 1.60. The second kappa shape index (κ2) is 7.66. The van der Waals surface area contributed by atoms with Crippen LogP contribution in [0.1, 0.15) is 16.1 Å². The topological polar surface area (TPSA) is 152 Å². The standard InChI is InChI=1S/C18H16BN7O3/c20-17(27)14-6-2-5-13-16(22-10-26(13)14)18-24-15(9-23-25-18)21-8-11-3-1-4-12(7-11)19(28)29/h1-7,9-10,28-29H,8H2,(H2,20,27)(H,21,24,25). The first-order valence-corrected chi connectivity index (χ1v) is 8.68. The number of carbonyl (C=O) groups is 1. The number of pyridine rings is 1. The Morgan fingerprint density at radius 1 is 1.21 bits per heavy atom. The number of hydrogen-bond donors (Lipinski definition) is 4. The molecule has 10 nitrogen and oxygen atoms in total. The molecule has 3 heterocycles. The molecule has 0 saturated carbocycles. The number of amides is 1. The molecule has 0 aliphatic rings. The quantitative estimate of drug-likeness (QED) is 0.325. The number of benzene rings is 1. The minimum absolute atomic E-state index is 0.290. The molecule has 0 aliphatic heterocycles. The van der Waals surface area contributed by atoms with Gasteiger partial charge in [-0.05, 0) is 23.2 Å². The summed E-state index contributed by atoms with van der Waals surface area (Å²) in [6.07, 6.45) is 2.96. The van der Waals surface area contributed by atoms with Crippen molar-refractivity contribution in [3.63, 3.8) is 0 Å². The van der Waals surface area contributed by atoms with Crippen molar-refractivity contribution >= 4 is 29.8 Å². The number of fused-ring (bicyclic) bond motifs is 1. The summed E-state index contributed by atoms with van der Waals surface area (Å²) >= 11 is 0. The number of imidazole rings is 1. The van der Waals surface area contributed by atoms with Gasteiger partial charge in [0.05, 0.1) is 11.7 Å². The van der Waals surface area contributed by atoms with E-state index in [4.69, 9.17) is 5.73 Å². The van der Waals surface area contributed by atoms with E-state index in [9.17, 15) is 14.8 Å². The van der Waals surface area contributed by atoms with E-state index in [0.717, 1.165) is 5.56 Å². The lowest BCUT2D eigenvalue weighted by Crippen LogP contribution is -2.30. The van der Waals surface area contributed by atoms with Gasteiger partial charge in [-0.25, -0.2) is 9.97 Å². The van der Waals surface area contributed by atoms with Crippen LogP contribution in [0.15, 0.2) is 55.0 Å². The smallest absolute Gasteiger partial charge is 0.423 e. The van der Waals surface area contributed by atoms with E-state index < -0.39 is 13.0 Å². The van der Waals surface area contributed by atoms with Crippen molar-refractivity contribution in [2.24, 2.45) is 5.73 Å². The second-order valence-corrected chi connectivity index (χ2v) is 6.26. The summed E-state index contributed by atoms with van der Waals surface area (Å²) in [5, 5.41) is 29.7. The fourth-order valence-electron chi connectivity index (χ4n) is 2.94. The van der Waals surface area contributed by atoms with Gasteiger partial charge in [-0.1, -0.05) is 30.3 Å². The van der Waals surface area contributed by atoms with E-state index in [1.807, 2.05) is 6.07 Å². The highest BCUT2D eigenvalue weighted by atomic mass is 16.4. The summed E-state index contributed by atoms with van der Waals surface area (Å²) in [5.41, 5.74) is 8.05. The Labute approximate surface area is 165 Å². The van der Waals surface area contributed by atoms with Gasteiger partial charge >= 0.3 is 7.12 Å². The molecule has 0 saturated heterocycles. The zero-order chi connectivity index (χ0) is 20.4. The Kier molecular flexibility index (Phi) is 4.89. The largest absolute Gasteiger partial charge is 0.488 e. The lowest BCUT2D eigenvalue weighted by atomic mass is 9.80. The van der Waals surface area contributed by atoms with Crippen molar-refractivity contribution in [2.75, 3.05) is 5.32 Å². The Hall–Kier alpha value is -3.83. The van der Waals surface area contributed by atoms with Crippen LogP contribution < -0.4 is 16.5 Å². The number of rotatable bonds is 6. The van der Waals surface area contributed by atoms with Crippen LogP contribution in [-0.4, -0.2) is 47.6 Å². The highest BCUT2D eigenvalue weighted by Gasteiger charge is 2.15. The summed E-state index contributed by atoms with van der Waals surface area (Å²) in [5.74, 6) is 0.194. The predicted molar refractivity (Wildman–Crippen MR) is 106 cm³/mol. The van der Waals surface area contributed by atoms with E-state index in [0.29, 0.717) is 40.6 Å². The van der Waals surface area contributed by atoms with E-state index >= 15 is 0 Å². The van der Waals surface area contributed by atoms with E-state index in [1.54, 1.807) is 40.8 Å². The maximum absolute atomic E-state index is 11.6. The maximum atomic E-state index is 11.6. The molecule has 0 aliphatic carbocycles. The number of nitrogens with zero attached hydrogens (tertiary/aromatic N) is 5. The molecule has 1 amide bonds. The van der Waals surface area contributed by atoms with Crippen LogP contribution in [0, 0.1) is 0 Å². The van der Waals surface area contributed by atoms with Gasteiger partial charge in [-0.3, -0.25) is 9.20 Å². The molecule has 0 bridgehead atoms. The average molecular weight is 389 g/mol. The molecule has 5 N–H and O–H groups in total. The Bertz CT molecular complexity index is 1200. The third-order valence-corrected chi connectivity index (χ3v) is 4.32.